The lowest BCUT2D eigenvalue weighted by atomic mass is 9.66. The third kappa shape index (κ3) is 4.63. The number of benzene rings is 1. The highest BCUT2D eigenvalue weighted by Crippen LogP contribution is 2.64. The Kier molecular flexibility index (Phi) is 8.02. The van der Waals surface area contributed by atoms with Crippen LogP contribution in [0.15, 0.2) is 49.6 Å². The van der Waals surface area contributed by atoms with E-state index in [4.69, 9.17) is 4.74 Å². The number of aromatic nitrogens is 3. The molecule has 11 heteroatoms. The van der Waals surface area contributed by atoms with Crippen LogP contribution in [-0.2, 0) is 25.8 Å². The molecule has 2 aromatic rings. The summed E-state index contributed by atoms with van der Waals surface area (Å²) in [7, 11) is 1.69. The van der Waals surface area contributed by atoms with Crippen LogP contribution >= 0.6 is 0 Å². The van der Waals surface area contributed by atoms with Crippen molar-refractivity contribution in [1.29, 1.82) is 0 Å². The molecule has 11 nitrogen and oxygen atoms in total. The molecule has 5 rings (SSSR count). The predicted molar refractivity (Wildman–Crippen MR) is 157 cm³/mol. The fourth-order valence-corrected chi connectivity index (χ4v) is 7.48. The largest absolute Gasteiger partial charge is 0.394 e. The van der Waals surface area contributed by atoms with Gasteiger partial charge in [0.05, 0.1) is 35.6 Å². The lowest BCUT2D eigenvalue weighted by molar-refractivity contribution is -0.157. The number of hydrogen-bond acceptors (Lipinski definition) is 7. The minimum atomic E-state index is -1.20. The van der Waals surface area contributed by atoms with Crippen LogP contribution in [-0.4, -0.2) is 103 Å². The number of aliphatic hydroxyl groups excluding tert-OH is 1. The second kappa shape index (κ2) is 11.3. The average Bonchev–Trinajstić information content (AvgIpc) is 3.66. The van der Waals surface area contributed by atoms with Gasteiger partial charge in [0.2, 0.25) is 17.7 Å². The number of likely N-dealkylation sites (N-methyl/N-ethyl adjacent to an activating group) is 1. The van der Waals surface area contributed by atoms with E-state index in [-0.39, 0.29) is 43.5 Å². The Morgan fingerprint density at radius 1 is 1.19 bits per heavy atom. The van der Waals surface area contributed by atoms with Gasteiger partial charge in [-0.05, 0) is 44.2 Å². The molecule has 0 saturated carbocycles. The molecule has 2 unspecified atom stereocenters. The zero-order valence-corrected chi connectivity index (χ0v) is 25.0. The summed E-state index contributed by atoms with van der Waals surface area (Å²) in [6.07, 6.45) is 4.77. The number of rotatable bonds is 12. The normalized spacial score (nSPS) is 28.8. The van der Waals surface area contributed by atoms with Crippen LogP contribution < -0.4 is 0 Å². The van der Waals surface area contributed by atoms with Crippen molar-refractivity contribution >= 4 is 28.8 Å². The molecule has 1 spiro atoms. The molecule has 3 amide bonds. The van der Waals surface area contributed by atoms with Gasteiger partial charge in [0.1, 0.15) is 23.8 Å². The van der Waals surface area contributed by atoms with Gasteiger partial charge in [-0.1, -0.05) is 43.3 Å². The van der Waals surface area contributed by atoms with Crippen LogP contribution in [0.5, 0.6) is 0 Å². The van der Waals surface area contributed by atoms with Crippen molar-refractivity contribution in [3.8, 4) is 0 Å². The number of hydrogen-bond donors (Lipinski definition) is 1. The first kappa shape index (κ1) is 29.9. The lowest BCUT2D eigenvalue weighted by Gasteiger charge is -2.39. The Morgan fingerprint density at radius 2 is 1.90 bits per heavy atom. The SMILES string of the molecule is C=CCN(C)C(=O)[C@H]1[C@H]2C(=O)N([C@@H](CO)CC(C)C)C(C(=O)N(CC=C)Cn3nnc4ccccc43)C23CC[C@]1(C)O3. The Morgan fingerprint density at radius 3 is 2.57 bits per heavy atom. The zero-order chi connectivity index (χ0) is 30.4. The number of para-hydroxylation sites is 1. The van der Waals surface area contributed by atoms with Crippen molar-refractivity contribution < 1.29 is 24.2 Å². The Balaban J connectivity index is 1.59. The first-order valence-electron chi connectivity index (χ1n) is 14.7. The van der Waals surface area contributed by atoms with Crippen molar-refractivity contribution in [2.45, 2.75) is 70.0 Å². The Bertz CT molecular complexity index is 1390. The van der Waals surface area contributed by atoms with E-state index in [1.807, 2.05) is 45.0 Å². The molecule has 1 aromatic carbocycles. The van der Waals surface area contributed by atoms with Gasteiger partial charge in [-0.25, -0.2) is 4.68 Å². The molecule has 3 fully saturated rings. The summed E-state index contributed by atoms with van der Waals surface area (Å²) in [4.78, 5) is 47.8. The topological polar surface area (TPSA) is 121 Å². The van der Waals surface area contributed by atoms with Gasteiger partial charge in [0.15, 0.2) is 0 Å². The summed E-state index contributed by atoms with van der Waals surface area (Å²) in [5, 5.41) is 19.1. The van der Waals surface area contributed by atoms with Gasteiger partial charge in [0, 0.05) is 20.1 Å². The summed E-state index contributed by atoms with van der Waals surface area (Å²) in [5.41, 5.74) is -0.626. The molecule has 2 bridgehead atoms. The molecule has 6 atom stereocenters. The fourth-order valence-electron chi connectivity index (χ4n) is 7.48. The minimum Gasteiger partial charge on any atom is -0.394 e. The third-order valence-electron chi connectivity index (χ3n) is 9.23. The van der Waals surface area contributed by atoms with Crippen LogP contribution in [0, 0.1) is 17.8 Å². The maximum Gasteiger partial charge on any atom is 0.250 e. The fraction of sp³-hybridized carbons (Fsp3) is 0.581. The van der Waals surface area contributed by atoms with Gasteiger partial charge < -0.3 is 24.5 Å². The second-order valence-electron chi connectivity index (χ2n) is 12.5. The van der Waals surface area contributed by atoms with Gasteiger partial charge in [-0.2, -0.15) is 0 Å². The molecule has 1 aromatic heterocycles. The average molecular weight is 579 g/mol. The summed E-state index contributed by atoms with van der Waals surface area (Å²) >= 11 is 0. The van der Waals surface area contributed by atoms with Crippen LogP contribution in [0.2, 0.25) is 0 Å². The van der Waals surface area contributed by atoms with Crippen LogP contribution in [0.1, 0.15) is 40.0 Å². The lowest BCUT2D eigenvalue weighted by Crippen LogP contribution is -2.59. The van der Waals surface area contributed by atoms with Crippen molar-refractivity contribution in [2.24, 2.45) is 17.8 Å². The van der Waals surface area contributed by atoms with Crippen LogP contribution in [0.25, 0.3) is 11.0 Å². The molecule has 3 aliphatic heterocycles. The monoisotopic (exact) mass is 578 g/mol. The maximum absolute atomic E-state index is 14.8. The van der Waals surface area contributed by atoms with Gasteiger partial charge in [-0.3, -0.25) is 14.4 Å². The summed E-state index contributed by atoms with van der Waals surface area (Å²) in [5.74, 6) is -2.29. The van der Waals surface area contributed by atoms with Crippen LogP contribution in [0.3, 0.4) is 0 Å². The van der Waals surface area contributed by atoms with E-state index in [9.17, 15) is 19.5 Å². The number of nitrogens with zero attached hydrogens (tertiary/aromatic N) is 6. The van der Waals surface area contributed by atoms with Crippen LogP contribution in [0.4, 0.5) is 0 Å². The quantitative estimate of drug-likeness (QED) is 0.384. The summed E-state index contributed by atoms with van der Waals surface area (Å²) in [6, 6.07) is 5.86. The van der Waals surface area contributed by atoms with Gasteiger partial charge in [0.25, 0.3) is 0 Å². The number of amides is 3. The third-order valence-corrected chi connectivity index (χ3v) is 9.23. The highest BCUT2D eigenvalue weighted by Gasteiger charge is 2.78. The molecular weight excluding hydrogens is 536 g/mol. The molecule has 1 N–H and O–H groups in total. The molecule has 42 heavy (non-hydrogen) atoms. The summed E-state index contributed by atoms with van der Waals surface area (Å²) < 4.78 is 8.42. The molecule has 0 radical (unpaired) electrons. The van der Waals surface area contributed by atoms with E-state index in [0.29, 0.717) is 31.3 Å². The first-order valence-corrected chi connectivity index (χ1v) is 14.7. The number of carbonyl (C=O) groups is 3. The number of fused-ring (bicyclic) bond motifs is 2. The Labute approximate surface area is 246 Å². The van der Waals surface area contributed by atoms with E-state index >= 15 is 0 Å². The minimum absolute atomic E-state index is 0.0836. The standard InChI is InChI=1S/C31H42N6O5/c1-7-15-34(6)27(39)24-25-28(40)37(21(18-38)17-20(3)4)26(31(25)14-13-30(24,5)42-31)29(41)35(16-8-2)19-36-23-12-10-9-11-22(23)32-33-36/h7-12,20-21,24-26,38H,1-2,13-19H2,3-6H3/t21-,24-,25+,26?,30+,31?/m1/s1. The number of carbonyl (C=O) groups excluding carboxylic acids is 3. The van der Waals surface area contributed by atoms with Gasteiger partial charge >= 0.3 is 0 Å². The predicted octanol–water partition coefficient (Wildman–Crippen LogP) is 2.22. The maximum atomic E-state index is 14.8. The van der Waals surface area contributed by atoms with E-state index in [2.05, 4.69) is 23.5 Å². The molecule has 4 heterocycles. The smallest absolute Gasteiger partial charge is 0.250 e. The number of aliphatic hydroxyl groups is 1. The highest BCUT2D eigenvalue weighted by molar-refractivity contribution is 5.99. The van der Waals surface area contributed by atoms with Crippen molar-refractivity contribution in [2.75, 3.05) is 26.7 Å². The first-order chi connectivity index (χ1) is 20.0. The Hall–Kier alpha value is -3.57. The number of likely N-dealkylation sites (tertiary alicyclic amines) is 1. The highest BCUT2D eigenvalue weighted by atomic mass is 16.5. The van der Waals surface area contributed by atoms with Crippen molar-refractivity contribution in [1.82, 2.24) is 29.7 Å². The van der Waals surface area contributed by atoms with Gasteiger partial charge in [-0.15, -0.1) is 18.3 Å². The van der Waals surface area contributed by atoms with E-state index < -0.39 is 35.1 Å². The number of ether oxygens (including phenoxy) is 1. The zero-order valence-electron chi connectivity index (χ0n) is 25.0. The van der Waals surface area contributed by atoms with E-state index in [0.717, 1.165) is 5.52 Å². The molecule has 226 valence electrons. The molecule has 0 aliphatic carbocycles. The molecule has 3 aliphatic rings. The summed E-state index contributed by atoms with van der Waals surface area (Å²) in [6.45, 7) is 13.8. The second-order valence-corrected chi connectivity index (χ2v) is 12.5. The van der Waals surface area contributed by atoms with Crippen molar-refractivity contribution in [3.63, 3.8) is 0 Å². The van der Waals surface area contributed by atoms with E-state index in [1.54, 1.807) is 38.6 Å². The van der Waals surface area contributed by atoms with E-state index in [1.165, 1.54) is 0 Å². The van der Waals surface area contributed by atoms with Crippen molar-refractivity contribution in [3.05, 3.63) is 49.6 Å². The molecule has 3 saturated heterocycles. The molecular formula is C31H42N6O5.